The maximum atomic E-state index is 4.30. The zero-order valence-electron chi connectivity index (χ0n) is 31.7. The van der Waals surface area contributed by atoms with Gasteiger partial charge in [-0.2, -0.15) is 0 Å². The number of fused-ring (bicyclic) bond motifs is 6. The van der Waals surface area contributed by atoms with E-state index in [1.165, 1.54) is 106 Å². The second-order valence-electron chi connectivity index (χ2n) is 15.5. The van der Waals surface area contributed by atoms with Crippen LogP contribution in [0.5, 0.6) is 0 Å². The first-order chi connectivity index (χ1) is 26.9. The van der Waals surface area contributed by atoms with Gasteiger partial charge in [0.05, 0.1) is 6.04 Å². The fourth-order valence-corrected chi connectivity index (χ4v) is 9.22. The van der Waals surface area contributed by atoms with Gasteiger partial charge in [0.15, 0.2) is 0 Å². The van der Waals surface area contributed by atoms with Gasteiger partial charge >= 0.3 is 0 Å². The molecule has 3 aliphatic rings. The van der Waals surface area contributed by atoms with Crippen LogP contribution in [-0.4, -0.2) is 6.04 Å². The number of allylic oxidation sites excluding steroid dienone is 2. The summed E-state index contributed by atoms with van der Waals surface area (Å²) in [6.45, 7) is 11.0. The van der Waals surface area contributed by atoms with Crippen molar-refractivity contribution in [1.82, 2.24) is 0 Å². The number of aryl methyl sites for hydroxylation is 2. The van der Waals surface area contributed by atoms with Crippen LogP contribution in [0.3, 0.4) is 0 Å². The van der Waals surface area contributed by atoms with E-state index >= 15 is 0 Å². The Morgan fingerprint density at radius 1 is 0.582 bits per heavy atom. The number of benzene rings is 7. The van der Waals surface area contributed by atoms with Crippen molar-refractivity contribution in [3.8, 4) is 33.4 Å². The molecule has 1 aliphatic heterocycles. The van der Waals surface area contributed by atoms with Crippen LogP contribution in [0.2, 0.25) is 0 Å². The minimum atomic E-state index is 0.244. The highest BCUT2D eigenvalue weighted by atomic mass is 15.2. The molecule has 0 saturated carbocycles. The molecule has 1 nitrogen and oxygen atoms in total. The van der Waals surface area contributed by atoms with E-state index in [0.29, 0.717) is 0 Å². The van der Waals surface area contributed by atoms with E-state index in [9.17, 15) is 0 Å². The molecule has 0 N–H and O–H groups in total. The quantitative estimate of drug-likeness (QED) is 0.172. The molecule has 264 valence electrons. The lowest BCUT2D eigenvalue weighted by molar-refractivity contribution is 0.831. The third-order valence-electron chi connectivity index (χ3n) is 12.2. The van der Waals surface area contributed by atoms with Gasteiger partial charge in [-0.05, 0) is 170 Å². The first-order valence-corrected chi connectivity index (χ1v) is 19.5. The lowest BCUT2D eigenvalue weighted by atomic mass is 9.88. The summed E-state index contributed by atoms with van der Waals surface area (Å²) < 4.78 is 0. The number of para-hydroxylation sites is 1. The normalized spacial score (nSPS) is 15.8. The molecule has 0 aromatic heterocycles. The average molecular weight is 706 g/mol. The first-order valence-electron chi connectivity index (χ1n) is 19.5. The summed E-state index contributed by atoms with van der Waals surface area (Å²) in [6.07, 6.45) is 6.89. The largest absolute Gasteiger partial charge is 0.333 e. The second-order valence-corrected chi connectivity index (χ2v) is 15.5. The third kappa shape index (κ3) is 5.62. The fraction of sp³-hybridized carbons (Fsp3) is 0.111. The second kappa shape index (κ2) is 13.1. The molecule has 1 heteroatoms. The number of nitrogens with zero attached hydrogens (tertiary/aromatic N) is 1. The Morgan fingerprint density at radius 2 is 1.27 bits per heavy atom. The lowest BCUT2D eigenvalue weighted by Crippen LogP contribution is -2.27. The summed E-state index contributed by atoms with van der Waals surface area (Å²) in [5.41, 5.74) is 23.5. The van der Waals surface area contributed by atoms with Crippen molar-refractivity contribution in [1.29, 1.82) is 0 Å². The fourth-order valence-electron chi connectivity index (χ4n) is 9.22. The lowest BCUT2D eigenvalue weighted by Gasteiger charge is -2.30. The van der Waals surface area contributed by atoms with Crippen LogP contribution in [0.4, 0.5) is 11.4 Å². The molecule has 10 rings (SSSR count). The molecule has 1 heterocycles. The molecule has 0 saturated heterocycles. The molecule has 7 aromatic carbocycles. The van der Waals surface area contributed by atoms with E-state index in [0.717, 1.165) is 18.1 Å². The minimum Gasteiger partial charge on any atom is -0.333 e. The Hall–Kier alpha value is -6.44. The van der Waals surface area contributed by atoms with Gasteiger partial charge < -0.3 is 4.90 Å². The number of hydrogen-bond donors (Lipinski definition) is 0. The van der Waals surface area contributed by atoms with E-state index < -0.39 is 0 Å². The number of hydrogen-bond acceptors (Lipinski definition) is 1. The van der Waals surface area contributed by atoms with Crippen LogP contribution < -0.4 is 15.3 Å². The SMILES string of the molecule is C=c1cccc/c1=C(/C)c1ccc(C)c(-c2cc(-c3cccc(N4c5ccccc5C5=CC(c6ccc7c(c6)-c6ccccc6C7)=CCC54)c3)ccc2C)c1. The molecule has 0 bridgehead atoms. The van der Waals surface area contributed by atoms with Crippen LogP contribution in [0.1, 0.15) is 52.3 Å². The van der Waals surface area contributed by atoms with Gasteiger partial charge in [-0.1, -0.05) is 128 Å². The van der Waals surface area contributed by atoms with Gasteiger partial charge in [0.2, 0.25) is 0 Å². The van der Waals surface area contributed by atoms with E-state index in [2.05, 4.69) is 196 Å². The zero-order chi connectivity index (χ0) is 37.2. The van der Waals surface area contributed by atoms with Crippen molar-refractivity contribution >= 4 is 34.7 Å². The summed E-state index contributed by atoms with van der Waals surface area (Å²) in [7, 11) is 0. The van der Waals surface area contributed by atoms with Crippen molar-refractivity contribution in [2.24, 2.45) is 0 Å². The Labute approximate surface area is 324 Å². The summed E-state index contributed by atoms with van der Waals surface area (Å²) in [5.74, 6) is 0. The summed E-state index contributed by atoms with van der Waals surface area (Å²) >= 11 is 0. The van der Waals surface area contributed by atoms with Crippen molar-refractivity contribution in [3.63, 3.8) is 0 Å². The molecule has 7 aromatic rings. The maximum absolute atomic E-state index is 4.30. The predicted molar refractivity (Wildman–Crippen MR) is 234 cm³/mol. The summed E-state index contributed by atoms with van der Waals surface area (Å²) in [4.78, 5) is 2.57. The van der Waals surface area contributed by atoms with Gasteiger partial charge in [0.25, 0.3) is 0 Å². The predicted octanol–water partition coefficient (Wildman–Crippen LogP) is 12.2. The van der Waals surface area contributed by atoms with E-state index in [1.807, 2.05) is 0 Å². The first kappa shape index (κ1) is 33.2. The monoisotopic (exact) mass is 705 g/mol. The molecular formula is C54H43N. The van der Waals surface area contributed by atoms with Crippen molar-refractivity contribution in [3.05, 3.63) is 213 Å². The molecule has 0 spiro atoms. The smallest absolute Gasteiger partial charge is 0.0633 e. The maximum Gasteiger partial charge on any atom is 0.0633 e. The molecule has 2 aliphatic carbocycles. The van der Waals surface area contributed by atoms with E-state index in [-0.39, 0.29) is 6.04 Å². The van der Waals surface area contributed by atoms with Crippen LogP contribution >= 0.6 is 0 Å². The van der Waals surface area contributed by atoms with Crippen LogP contribution in [0.25, 0.3) is 56.7 Å². The van der Waals surface area contributed by atoms with Crippen LogP contribution in [0, 0.1) is 13.8 Å². The van der Waals surface area contributed by atoms with E-state index in [1.54, 1.807) is 0 Å². The Bertz CT molecular complexity index is 2880. The molecular weight excluding hydrogens is 663 g/mol. The zero-order valence-corrected chi connectivity index (χ0v) is 31.7. The molecule has 55 heavy (non-hydrogen) atoms. The highest BCUT2D eigenvalue weighted by molar-refractivity contribution is 5.99. The molecule has 0 radical (unpaired) electrons. The van der Waals surface area contributed by atoms with Crippen LogP contribution in [0.15, 0.2) is 164 Å². The highest BCUT2D eigenvalue weighted by Gasteiger charge is 2.36. The molecule has 1 unspecified atom stereocenters. The van der Waals surface area contributed by atoms with Crippen molar-refractivity contribution < 1.29 is 0 Å². The summed E-state index contributed by atoms with van der Waals surface area (Å²) in [6, 6.07) is 56.5. The molecule has 0 amide bonds. The van der Waals surface area contributed by atoms with Gasteiger partial charge in [-0.25, -0.2) is 0 Å². The standard InChI is InChI=1S/C54H43N/c1-34-12-5-7-16-46(34)37(4)38-22-20-35(2)49(30-38)50-31-40(23-21-36(50)3)39-14-11-15-45(29-39)55-53-19-10-9-18-48(53)52-33-42(26-27-54(52)55)41-24-25-44-28-43-13-6-8-17-47(43)51(44)32-41/h5-26,29-33,54H,1,27-28H2,2-4H3/b46-37+. The third-order valence-corrected chi connectivity index (χ3v) is 12.2. The Balaban J connectivity index is 0.998. The average Bonchev–Trinajstić information content (AvgIpc) is 3.76. The molecule has 0 fully saturated rings. The van der Waals surface area contributed by atoms with Crippen molar-refractivity contribution in [2.45, 2.75) is 39.7 Å². The number of rotatable bonds is 5. The van der Waals surface area contributed by atoms with Gasteiger partial charge in [0.1, 0.15) is 0 Å². The van der Waals surface area contributed by atoms with Crippen LogP contribution in [-0.2, 0) is 6.42 Å². The Kier molecular flexibility index (Phi) is 7.92. The number of anilines is 2. The topological polar surface area (TPSA) is 3.24 Å². The van der Waals surface area contributed by atoms with E-state index in [4.69, 9.17) is 0 Å². The van der Waals surface area contributed by atoms with Gasteiger partial charge in [0, 0.05) is 16.9 Å². The van der Waals surface area contributed by atoms with Crippen molar-refractivity contribution in [2.75, 3.05) is 4.90 Å². The van der Waals surface area contributed by atoms with Gasteiger partial charge in [-0.15, -0.1) is 0 Å². The highest BCUT2D eigenvalue weighted by Crippen LogP contribution is 2.50. The Morgan fingerprint density at radius 3 is 2.15 bits per heavy atom. The molecule has 1 atom stereocenters. The van der Waals surface area contributed by atoms with Gasteiger partial charge in [-0.3, -0.25) is 0 Å². The minimum absolute atomic E-state index is 0.244. The summed E-state index contributed by atoms with van der Waals surface area (Å²) in [5, 5.41) is 2.25.